The van der Waals surface area contributed by atoms with E-state index in [9.17, 15) is 13.8 Å². The first-order valence-corrected chi connectivity index (χ1v) is 9.76. The van der Waals surface area contributed by atoms with Crippen LogP contribution in [0.4, 0.5) is 10.6 Å². The number of nitrogens with zero attached hydrogens (tertiary/aromatic N) is 3. The van der Waals surface area contributed by atoms with Crippen molar-refractivity contribution < 1.29 is 18.3 Å². The van der Waals surface area contributed by atoms with Crippen LogP contribution in [-0.2, 0) is 14.5 Å². The maximum Gasteiger partial charge on any atom is 0.323 e. The minimum Gasteiger partial charge on any atom is -0.359 e. The summed E-state index contributed by atoms with van der Waals surface area (Å²) in [7, 11) is -2.54. The molecule has 0 spiro atoms. The van der Waals surface area contributed by atoms with Gasteiger partial charge in [-0.05, 0) is 12.8 Å². The van der Waals surface area contributed by atoms with Crippen molar-refractivity contribution in [2.24, 2.45) is 4.36 Å². The first-order valence-electron chi connectivity index (χ1n) is 7.42. The maximum atomic E-state index is 12.3. The molecule has 3 amide bonds. The van der Waals surface area contributed by atoms with Crippen molar-refractivity contribution in [1.82, 2.24) is 10.1 Å². The third-order valence-corrected chi connectivity index (χ3v) is 4.06. The van der Waals surface area contributed by atoms with Gasteiger partial charge in [-0.3, -0.25) is 10.1 Å². The van der Waals surface area contributed by atoms with Gasteiger partial charge in [0, 0.05) is 40.8 Å². The van der Waals surface area contributed by atoms with Crippen molar-refractivity contribution in [3.8, 4) is 0 Å². The molecule has 128 valence electrons. The van der Waals surface area contributed by atoms with Gasteiger partial charge in [0.2, 0.25) is 0 Å². The van der Waals surface area contributed by atoms with Gasteiger partial charge in [0.1, 0.15) is 11.8 Å². The predicted octanol–water partition coefficient (Wildman–Crippen LogP) is 2.05. The third-order valence-electron chi connectivity index (χ3n) is 3.44. The molecule has 0 saturated carbocycles. The Hall–Kier alpha value is -1.90. The Bertz CT molecular complexity index is 710. The van der Waals surface area contributed by atoms with Gasteiger partial charge < -0.3 is 9.42 Å². The molecule has 1 aliphatic rings. The van der Waals surface area contributed by atoms with E-state index < -0.39 is 27.7 Å². The molecule has 1 aromatic rings. The summed E-state index contributed by atoms with van der Waals surface area (Å²) in [6.07, 6.45) is 4.01. The lowest BCUT2D eigenvalue weighted by molar-refractivity contribution is -0.121. The summed E-state index contributed by atoms with van der Waals surface area (Å²) in [5.41, 5.74) is 0. The lowest BCUT2D eigenvalue weighted by Crippen LogP contribution is -2.42. The van der Waals surface area contributed by atoms with Gasteiger partial charge in [0.25, 0.3) is 5.91 Å². The number of rotatable bonds is 3. The predicted molar refractivity (Wildman–Crippen MR) is 86.8 cm³/mol. The van der Waals surface area contributed by atoms with E-state index in [2.05, 4.69) is 14.8 Å². The minimum absolute atomic E-state index is 0.162. The molecule has 1 N–H and O–H groups in total. The number of likely N-dealkylation sites (tertiary alicyclic amines) is 1. The summed E-state index contributed by atoms with van der Waals surface area (Å²) in [4.78, 5) is 25.9. The number of urea groups is 1. The molecule has 8 nitrogen and oxygen atoms in total. The topological polar surface area (TPSA) is 105 Å². The largest absolute Gasteiger partial charge is 0.359 e. The van der Waals surface area contributed by atoms with Crippen molar-refractivity contribution >= 4 is 27.5 Å². The van der Waals surface area contributed by atoms with Gasteiger partial charge in [-0.25, -0.2) is 9.00 Å². The van der Waals surface area contributed by atoms with E-state index in [1.54, 1.807) is 6.07 Å². The second kappa shape index (κ2) is 6.69. The molecule has 0 unspecified atom stereocenters. The number of carbonyl (C=O) groups excluding carboxylic acids is 2. The van der Waals surface area contributed by atoms with Crippen molar-refractivity contribution in [3.05, 3.63) is 11.8 Å². The van der Waals surface area contributed by atoms with Gasteiger partial charge in [-0.15, -0.1) is 0 Å². The van der Waals surface area contributed by atoms with E-state index in [4.69, 9.17) is 4.52 Å². The molecule has 0 aromatic carbocycles. The van der Waals surface area contributed by atoms with Gasteiger partial charge in [0.05, 0.1) is 0 Å². The number of hydrogen-bond acceptors (Lipinski definition) is 5. The van der Waals surface area contributed by atoms with E-state index in [1.807, 2.05) is 13.8 Å². The van der Waals surface area contributed by atoms with Crippen LogP contribution in [0.1, 0.15) is 38.4 Å². The fourth-order valence-electron chi connectivity index (χ4n) is 2.35. The highest BCUT2D eigenvalue weighted by Gasteiger charge is 2.34. The van der Waals surface area contributed by atoms with Crippen LogP contribution in [0.2, 0.25) is 0 Å². The smallest absolute Gasteiger partial charge is 0.323 e. The Kier molecular flexibility index (Phi) is 5.08. The number of amides is 3. The standard InChI is InChI=1S/C14H22N4O4S/c1-9(2)11-8-12(16-22-11)15-14(20)18-7-5-6-10(18)13(19)17-23(3,4)21/h8-10H,5-7H2,1-4H3,(H,15,16,20)/t10-/m0/s1. The highest BCUT2D eigenvalue weighted by molar-refractivity contribution is 7.92. The molecule has 2 heterocycles. The highest BCUT2D eigenvalue weighted by atomic mass is 32.2. The molecule has 23 heavy (non-hydrogen) atoms. The zero-order valence-corrected chi connectivity index (χ0v) is 14.6. The second-order valence-corrected chi connectivity index (χ2v) is 8.71. The Morgan fingerprint density at radius 2 is 2.17 bits per heavy atom. The molecule has 0 bridgehead atoms. The maximum absolute atomic E-state index is 12.3. The van der Waals surface area contributed by atoms with Crippen LogP contribution >= 0.6 is 0 Å². The van der Waals surface area contributed by atoms with Gasteiger partial charge in [0.15, 0.2) is 5.82 Å². The normalized spacial score (nSPS) is 18.3. The second-order valence-electron chi connectivity index (χ2n) is 6.16. The lowest BCUT2D eigenvalue weighted by atomic mass is 10.2. The quantitative estimate of drug-likeness (QED) is 0.905. The van der Waals surface area contributed by atoms with Crippen LogP contribution in [0, 0.1) is 0 Å². The monoisotopic (exact) mass is 342 g/mol. The fraction of sp³-hybridized carbons (Fsp3) is 0.643. The van der Waals surface area contributed by atoms with Gasteiger partial charge in [-0.1, -0.05) is 19.0 Å². The van der Waals surface area contributed by atoms with Gasteiger partial charge in [-0.2, -0.15) is 4.36 Å². The first kappa shape index (κ1) is 17.5. The number of anilines is 1. The minimum atomic E-state index is -2.54. The van der Waals surface area contributed by atoms with E-state index >= 15 is 0 Å². The number of aromatic nitrogens is 1. The number of carbonyl (C=O) groups is 2. The summed E-state index contributed by atoms with van der Waals surface area (Å²) < 4.78 is 20.5. The van der Waals surface area contributed by atoms with Crippen LogP contribution in [0.5, 0.6) is 0 Å². The Balaban J connectivity index is 2.08. The van der Waals surface area contributed by atoms with E-state index in [0.29, 0.717) is 31.0 Å². The average Bonchev–Trinajstić information content (AvgIpc) is 3.04. The lowest BCUT2D eigenvalue weighted by Gasteiger charge is -2.21. The van der Waals surface area contributed by atoms with Crippen molar-refractivity contribution in [2.45, 2.75) is 38.6 Å². The highest BCUT2D eigenvalue weighted by Crippen LogP contribution is 2.22. The molecule has 1 atom stereocenters. The van der Waals surface area contributed by atoms with Crippen LogP contribution in [0.25, 0.3) is 0 Å². The van der Waals surface area contributed by atoms with Crippen LogP contribution in [0.15, 0.2) is 15.0 Å². The average molecular weight is 342 g/mol. The molecular weight excluding hydrogens is 320 g/mol. The first-order chi connectivity index (χ1) is 10.7. The summed E-state index contributed by atoms with van der Waals surface area (Å²) in [6.45, 7) is 4.35. The molecule has 0 radical (unpaired) electrons. The summed E-state index contributed by atoms with van der Waals surface area (Å²) in [6, 6.07) is 0.552. The summed E-state index contributed by atoms with van der Waals surface area (Å²) in [5.74, 6) is 0.621. The number of hydrogen-bond donors (Lipinski definition) is 1. The summed E-state index contributed by atoms with van der Waals surface area (Å²) in [5, 5.41) is 6.41. The molecule has 1 saturated heterocycles. The molecule has 2 rings (SSSR count). The Morgan fingerprint density at radius 3 is 2.74 bits per heavy atom. The third kappa shape index (κ3) is 4.54. The van der Waals surface area contributed by atoms with Crippen molar-refractivity contribution in [2.75, 3.05) is 24.4 Å². The Morgan fingerprint density at radius 1 is 1.48 bits per heavy atom. The zero-order valence-electron chi connectivity index (χ0n) is 13.7. The molecule has 0 aliphatic carbocycles. The van der Waals surface area contributed by atoms with Crippen LogP contribution in [-0.4, -0.2) is 51.3 Å². The van der Waals surface area contributed by atoms with Crippen molar-refractivity contribution in [1.29, 1.82) is 0 Å². The fourth-order valence-corrected chi connectivity index (χ4v) is 2.90. The zero-order chi connectivity index (χ0) is 17.2. The van der Waals surface area contributed by atoms with Crippen LogP contribution < -0.4 is 5.32 Å². The van der Waals surface area contributed by atoms with Crippen LogP contribution in [0.3, 0.4) is 0 Å². The SMILES string of the molecule is CC(C)c1cc(NC(=O)N2CCC[C@H]2C(=O)N=S(C)(C)=O)no1. The van der Waals surface area contributed by atoms with E-state index in [0.717, 1.165) is 0 Å². The molecule has 9 heteroatoms. The van der Waals surface area contributed by atoms with Crippen molar-refractivity contribution in [3.63, 3.8) is 0 Å². The molecule has 1 fully saturated rings. The molecule has 1 aromatic heterocycles. The molecule has 1 aliphatic heterocycles. The van der Waals surface area contributed by atoms with E-state index in [1.165, 1.54) is 17.4 Å². The van der Waals surface area contributed by atoms with E-state index in [-0.39, 0.29) is 5.92 Å². The summed E-state index contributed by atoms with van der Waals surface area (Å²) >= 11 is 0. The number of nitrogens with one attached hydrogen (secondary N) is 1. The molecular formula is C14H22N4O4S. The van der Waals surface area contributed by atoms with Gasteiger partial charge >= 0.3 is 6.03 Å². The Labute approximate surface area is 135 Å².